The van der Waals surface area contributed by atoms with Gasteiger partial charge in [-0.3, -0.25) is 4.72 Å². The molecule has 0 aliphatic heterocycles. The maximum Gasteiger partial charge on any atom is 0.262 e. The molecule has 2 heterocycles. The lowest BCUT2D eigenvalue weighted by Crippen LogP contribution is -2.14. The standard InChI is InChI=1S/C20H19N5O3S/c1-13-7-8-15(18-9-10-20-22-21-14(2)25(20)23-18)11-19(13)29(26,27)24-16-5-4-6-17(12-16)28-3/h4-12,24H,1-3H3. The van der Waals surface area contributed by atoms with Crippen molar-refractivity contribution >= 4 is 21.4 Å². The normalized spacial score (nSPS) is 11.6. The SMILES string of the molecule is COc1cccc(NS(=O)(=O)c2cc(-c3ccc4nnc(C)n4n3)ccc2C)c1. The topological polar surface area (TPSA) is 98.5 Å². The average molecular weight is 409 g/mol. The highest BCUT2D eigenvalue weighted by Gasteiger charge is 2.19. The van der Waals surface area contributed by atoms with Crippen LogP contribution in [-0.2, 0) is 10.0 Å². The summed E-state index contributed by atoms with van der Waals surface area (Å²) in [7, 11) is -2.27. The molecule has 0 bridgehead atoms. The summed E-state index contributed by atoms with van der Waals surface area (Å²) in [6.45, 7) is 3.56. The van der Waals surface area contributed by atoms with E-state index in [4.69, 9.17) is 4.74 Å². The number of ether oxygens (including phenoxy) is 1. The molecule has 0 saturated carbocycles. The number of methoxy groups -OCH3 is 1. The number of anilines is 1. The quantitative estimate of drug-likeness (QED) is 0.543. The van der Waals surface area contributed by atoms with E-state index < -0.39 is 10.0 Å². The van der Waals surface area contributed by atoms with Gasteiger partial charge in [-0.1, -0.05) is 18.2 Å². The van der Waals surface area contributed by atoms with Crippen LogP contribution in [0, 0.1) is 13.8 Å². The van der Waals surface area contributed by atoms with Gasteiger partial charge in [-0.2, -0.15) is 9.61 Å². The van der Waals surface area contributed by atoms with Gasteiger partial charge in [0, 0.05) is 11.6 Å². The summed E-state index contributed by atoms with van der Waals surface area (Å²) in [5.41, 5.74) is 2.99. The largest absolute Gasteiger partial charge is 0.497 e. The van der Waals surface area contributed by atoms with Gasteiger partial charge in [0.15, 0.2) is 11.5 Å². The third kappa shape index (κ3) is 3.64. The van der Waals surface area contributed by atoms with E-state index in [1.54, 1.807) is 66.9 Å². The van der Waals surface area contributed by atoms with E-state index in [0.29, 0.717) is 39.7 Å². The average Bonchev–Trinajstić information content (AvgIpc) is 3.08. The van der Waals surface area contributed by atoms with Gasteiger partial charge in [-0.25, -0.2) is 8.42 Å². The Morgan fingerprint density at radius 1 is 1.00 bits per heavy atom. The second-order valence-corrected chi connectivity index (χ2v) is 8.20. The summed E-state index contributed by atoms with van der Waals surface area (Å²) >= 11 is 0. The molecule has 148 valence electrons. The Morgan fingerprint density at radius 3 is 2.62 bits per heavy atom. The number of nitrogens with zero attached hydrogens (tertiary/aromatic N) is 4. The molecule has 0 radical (unpaired) electrons. The van der Waals surface area contributed by atoms with E-state index >= 15 is 0 Å². The molecule has 0 spiro atoms. The Morgan fingerprint density at radius 2 is 1.83 bits per heavy atom. The summed E-state index contributed by atoms with van der Waals surface area (Å²) in [6, 6.07) is 15.6. The monoisotopic (exact) mass is 409 g/mol. The van der Waals surface area contributed by atoms with Crippen LogP contribution in [0.25, 0.3) is 16.9 Å². The zero-order chi connectivity index (χ0) is 20.6. The van der Waals surface area contributed by atoms with Crippen molar-refractivity contribution in [3.63, 3.8) is 0 Å². The van der Waals surface area contributed by atoms with Crippen LogP contribution in [0.2, 0.25) is 0 Å². The molecule has 4 aromatic rings. The van der Waals surface area contributed by atoms with Crippen molar-refractivity contribution in [3.05, 3.63) is 66.0 Å². The first-order valence-electron chi connectivity index (χ1n) is 8.84. The summed E-state index contributed by atoms with van der Waals surface area (Å²) in [5, 5.41) is 12.5. The predicted octanol–water partition coefficient (Wildman–Crippen LogP) is 3.22. The van der Waals surface area contributed by atoms with Gasteiger partial charge in [0.1, 0.15) is 5.75 Å². The number of hydrogen-bond donors (Lipinski definition) is 1. The zero-order valence-electron chi connectivity index (χ0n) is 16.1. The highest BCUT2D eigenvalue weighted by atomic mass is 32.2. The molecule has 0 unspecified atom stereocenters. The maximum atomic E-state index is 13.0. The molecule has 0 fully saturated rings. The fourth-order valence-corrected chi connectivity index (χ4v) is 4.32. The van der Waals surface area contributed by atoms with Crippen LogP contribution in [0.5, 0.6) is 5.75 Å². The fraction of sp³-hybridized carbons (Fsp3) is 0.150. The van der Waals surface area contributed by atoms with Crippen LogP contribution in [0.4, 0.5) is 5.69 Å². The van der Waals surface area contributed by atoms with Gasteiger partial charge in [-0.15, -0.1) is 10.2 Å². The van der Waals surface area contributed by atoms with Crippen molar-refractivity contribution in [1.29, 1.82) is 0 Å². The van der Waals surface area contributed by atoms with E-state index in [0.717, 1.165) is 0 Å². The van der Waals surface area contributed by atoms with E-state index in [1.807, 2.05) is 6.07 Å². The molecule has 2 aromatic carbocycles. The van der Waals surface area contributed by atoms with E-state index in [9.17, 15) is 8.42 Å². The van der Waals surface area contributed by atoms with Crippen molar-refractivity contribution in [2.75, 3.05) is 11.8 Å². The maximum absolute atomic E-state index is 13.0. The van der Waals surface area contributed by atoms with Gasteiger partial charge in [0.05, 0.1) is 23.4 Å². The van der Waals surface area contributed by atoms with Gasteiger partial charge in [0.2, 0.25) is 0 Å². The van der Waals surface area contributed by atoms with E-state index in [-0.39, 0.29) is 4.90 Å². The molecular weight excluding hydrogens is 390 g/mol. The molecule has 0 amide bonds. The molecule has 0 aliphatic carbocycles. The predicted molar refractivity (Wildman–Crippen MR) is 109 cm³/mol. The summed E-state index contributed by atoms with van der Waals surface area (Å²) < 4.78 is 35.5. The highest BCUT2D eigenvalue weighted by Crippen LogP contribution is 2.27. The smallest absolute Gasteiger partial charge is 0.262 e. The Hall–Kier alpha value is -3.46. The third-order valence-electron chi connectivity index (χ3n) is 4.51. The second kappa shape index (κ2) is 7.17. The molecular formula is C20H19N5O3S. The molecule has 1 N–H and O–H groups in total. The van der Waals surface area contributed by atoms with Gasteiger partial charge in [-0.05, 0) is 49.7 Å². The van der Waals surface area contributed by atoms with Crippen molar-refractivity contribution < 1.29 is 13.2 Å². The Kier molecular flexibility index (Phi) is 4.67. The van der Waals surface area contributed by atoms with Crippen LogP contribution >= 0.6 is 0 Å². The number of nitrogens with one attached hydrogen (secondary N) is 1. The van der Waals surface area contributed by atoms with Crippen LogP contribution in [0.3, 0.4) is 0 Å². The number of hydrogen-bond acceptors (Lipinski definition) is 6. The van der Waals surface area contributed by atoms with Crippen molar-refractivity contribution in [2.45, 2.75) is 18.7 Å². The molecule has 0 saturated heterocycles. The van der Waals surface area contributed by atoms with Crippen LogP contribution < -0.4 is 9.46 Å². The molecule has 0 aliphatic rings. The van der Waals surface area contributed by atoms with E-state index in [2.05, 4.69) is 20.0 Å². The number of sulfonamides is 1. The number of benzene rings is 2. The number of aryl methyl sites for hydroxylation is 2. The van der Waals surface area contributed by atoms with Gasteiger partial charge < -0.3 is 4.74 Å². The molecule has 29 heavy (non-hydrogen) atoms. The zero-order valence-corrected chi connectivity index (χ0v) is 16.9. The lowest BCUT2D eigenvalue weighted by molar-refractivity contribution is 0.415. The summed E-state index contributed by atoms with van der Waals surface area (Å²) in [6.07, 6.45) is 0. The Bertz CT molecular complexity index is 1310. The minimum atomic E-state index is -3.80. The highest BCUT2D eigenvalue weighted by molar-refractivity contribution is 7.92. The molecule has 9 heteroatoms. The lowest BCUT2D eigenvalue weighted by atomic mass is 10.1. The first kappa shape index (κ1) is 18.9. The number of aromatic nitrogens is 4. The van der Waals surface area contributed by atoms with Gasteiger partial charge in [0.25, 0.3) is 10.0 Å². The van der Waals surface area contributed by atoms with Crippen LogP contribution in [0.15, 0.2) is 59.5 Å². The minimum absolute atomic E-state index is 0.181. The fourth-order valence-electron chi connectivity index (χ4n) is 3.00. The lowest BCUT2D eigenvalue weighted by Gasteiger charge is -2.13. The first-order chi connectivity index (χ1) is 13.9. The number of rotatable bonds is 5. The molecule has 2 aromatic heterocycles. The first-order valence-corrected chi connectivity index (χ1v) is 10.3. The third-order valence-corrected chi connectivity index (χ3v) is 6.04. The molecule has 4 rings (SSSR count). The van der Waals surface area contributed by atoms with Crippen molar-refractivity contribution in [1.82, 2.24) is 19.8 Å². The van der Waals surface area contributed by atoms with Gasteiger partial charge >= 0.3 is 0 Å². The van der Waals surface area contributed by atoms with Crippen molar-refractivity contribution in [3.8, 4) is 17.0 Å². The summed E-state index contributed by atoms with van der Waals surface area (Å²) in [5.74, 6) is 1.22. The van der Waals surface area contributed by atoms with Crippen molar-refractivity contribution in [2.24, 2.45) is 0 Å². The summed E-state index contributed by atoms with van der Waals surface area (Å²) in [4.78, 5) is 0.181. The minimum Gasteiger partial charge on any atom is -0.497 e. The number of fused-ring (bicyclic) bond motifs is 1. The van der Waals surface area contributed by atoms with Crippen LogP contribution in [0.1, 0.15) is 11.4 Å². The van der Waals surface area contributed by atoms with E-state index in [1.165, 1.54) is 7.11 Å². The Labute approximate surface area is 168 Å². The molecule has 0 atom stereocenters. The molecule has 8 nitrogen and oxygen atoms in total. The second-order valence-electron chi connectivity index (χ2n) is 6.55. The Balaban J connectivity index is 1.74. The van der Waals surface area contributed by atoms with Crippen LogP contribution in [-0.4, -0.2) is 35.3 Å².